The van der Waals surface area contributed by atoms with E-state index in [0.29, 0.717) is 34.4 Å². The average molecular weight is 439 g/mol. The maximum atomic E-state index is 13.0. The second-order valence-corrected chi connectivity index (χ2v) is 8.69. The number of benzene rings is 2. The van der Waals surface area contributed by atoms with Gasteiger partial charge in [0.1, 0.15) is 16.9 Å². The molecular formula is C21H22N6O3S. The summed E-state index contributed by atoms with van der Waals surface area (Å²) >= 11 is 0. The molecule has 0 unspecified atom stereocenters. The summed E-state index contributed by atoms with van der Waals surface area (Å²) in [5, 5.41) is 8.07. The highest BCUT2D eigenvalue weighted by atomic mass is 32.2. The number of nitrogen functional groups attached to an aromatic ring is 1. The number of aromatic nitrogens is 3. The van der Waals surface area contributed by atoms with Gasteiger partial charge in [0.25, 0.3) is 5.91 Å². The van der Waals surface area contributed by atoms with Gasteiger partial charge in [-0.15, -0.1) is 0 Å². The molecule has 10 heteroatoms. The third kappa shape index (κ3) is 3.82. The Kier molecular flexibility index (Phi) is 5.34. The largest absolute Gasteiger partial charge is 0.384 e. The number of carbonyl (C=O) groups is 1. The van der Waals surface area contributed by atoms with Crippen LogP contribution in [0.4, 0.5) is 5.82 Å². The zero-order valence-electron chi connectivity index (χ0n) is 16.9. The first-order valence-electron chi connectivity index (χ1n) is 9.79. The monoisotopic (exact) mass is 438 g/mol. The highest BCUT2D eigenvalue weighted by molar-refractivity contribution is 7.89. The van der Waals surface area contributed by atoms with E-state index in [0.717, 1.165) is 12.8 Å². The molecule has 31 heavy (non-hydrogen) atoms. The van der Waals surface area contributed by atoms with Crippen molar-refractivity contribution in [2.45, 2.75) is 24.7 Å². The lowest BCUT2D eigenvalue weighted by Gasteiger charge is -2.09. The minimum Gasteiger partial charge on any atom is -0.384 e. The lowest BCUT2D eigenvalue weighted by Crippen LogP contribution is -2.25. The number of unbranched alkanes of at least 4 members (excludes halogenated alkanes) is 1. The summed E-state index contributed by atoms with van der Waals surface area (Å²) < 4.78 is 24.8. The highest BCUT2D eigenvalue weighted by Gasteiger charge is 2.24. The summed E-state index contributed by atoms with van der Waals surface area (Å²) in [6, 6.07) is 13.2. The van der Waals surface area contributed by atoms with Crippen LogP contribution >= 0.6 is 0 Å². The van der Waals surface area contributed by atoms with Crippen molar-refractivity contribution in [2.24, 2.45) is 5.14 Å². The predicted octanol–water partition coefficient (Wildman–Crippen LogP) is 2.33. The van der Waals surface area contributed by atoms with E-state index >= 15 is 0 Å². The van der Waals surface area contributed by atoms with Crippen LogP contribution in [-0.2, 0) is 10.0 Å². The van der Waals surface area contributed by atoms with Crippen LogP contribution in [-0.4, -0.2) is 35.4 Å². The number of amides is 1. The molecule has 160 valence electrons. The first-order valence-corrected chi connectivity index (χ1v) is 11.3. The quantitative estimate of drug-likeness (QED) is 0.394. The van der Waals surface area contributed by atoms with Crippen molar-refractivity contribution in [2.75, 3.05) is 12.3 Å². The average Bonchev–Trinajstić information content (AvgIpc) is 3.02. The molecule has 2 heterocycles. The van der Waals surface area contributed by atoms with E-state index in [-0.39, 0.29) is 22.2 Å². The van der Waals surface area contributed by atoms with Crippen LogP contribution in [0.2, 0.25) is 0 Å². The minimum absolute atomic E-state index is 0.0275. The number of hydrogen-bond acceptors (Lipinski definition) is 6. The number of anilines is 1. The highest BCUT2D eigenvalue weighted by Crippen LogP contribution is 2.31. The van der Waals surface area contributed by atoms with E-state index in [2.05, 4.69) is 15.3 Å². The fraction of sp³-hybridized carbons (Fsp3) is 0.190. The van der Waals surface area contributed by atoms with Crippen LogP contribution in [0, 0.1) is 0 Å². The maximum absolute atomic E-state index is 13.0. The summed E-state index contributed by atoms with van der Waals surface area (Å²) in [4.78, 5) is 22.3. The van der Waals surface area contributed by atoms with Crippen molar-refractivity contribution < 1.29 is 13.2 Å². The summed E-state index contributed by atoms with van der Waals surface area (Å²) in [5.74, 6) is -0.164. The Bertz CT molecular complexity index is 1390. The summed E-state index contributed by atoms with van der Waals surface area (Å²) in [5.41, 5.74) is 9.25. The Morgan fingerprint density at radius 2 is 1.71 bits per heavy atom. The molecule has 0 radical (unpaired) electrons. The Morgan fingerprint density at radius 3 is 2.32 bits per heavy atom. The van der Waals surface area contributed by atoms with E-state index in [1.165, 1.54) is 12.1 Å². The van der Waals surface area contributed by atoms with Crippen molar-refractivity contribution in [3.05, 3.63) is 54.1 Å². The number of sulfonamides is 1. The Labute approximate surface area is 179 Å². The van der Waals surface area contributed by atoms with Crippen LogP contribution in [0.25, 0.3) is 27.9 Å². The zero-order valence-corrected chi connectivity index (χ0v) is 17.7. The Balaban J connectivity index is 1.95. The molecule has 0 spiro atoms. The molecule has 0 saturated heterocycles. The van der Waals surface area contributed by atoms with Crippen LogP contribution in [0.15, 0.2) is 53.4 Å². The van der Waals surface area contributed by atoms with E-state index in [4.69, 9.17) is 10.9 Å². The van der Waals surface area contributed by atoms with Gasteiger partial charge in [-0.1, -0.05) is 25.5 Å². The molecule has 9 nitrogen and oxygen atoms in total. The van der Waals surface area contributed by atoms with Crippen molar-refractivity contribution in [1.82, 2.24) is 19.9 Å². The topological polar surface area (TPSA) is 146 Å². The number of fused-ring (bicyclic) bond motifs is 2. The molecule has 0 aliphatic carbocycles. The number of rotatable bonds is 6. The summed E-state index contributed by atoms with van der Waals surface area (Å²) in [7, 11) is -3.84. The molecule has 0 saturated carbocycles. The van der Waals surface area contributed by atoms with Gasteiger partial charge in [0.2, 0.25) is 10.0 Å². The molecule has 0 fully saturated rings. The third-order valence-corrected chi connectivity index (χ3v) is 5.89. The second-order valence-electron chi connectivity index (χ2n) is 7.13. The van der Waals surface area contributed by atoms with Crippen LogP contribution in [0.1, 0.15) is 30.1 Å². The fourth-order valence-electron chi connectivity index (χ4n) is 3.40. The number of primary sulfonamides is 1. The number of hydrogen-bond donors (Lipinski definition) is 3. The molecule has 2 aromatic heterocycles. The van der Waals surface area contributed by atoms with Crippen LogP contribution in [0.5, 0.6) is 0 Å². The molecule has 0 aliphatic heterocycles. The second kappa shape index (κ2) is 7.97. The van der Waals surface area contributed by atoms with Gasteiger partial charge in [-0.25, -0.2) is 23.5 Å². The molecule has 5 N–H and O–H groups in total. The van der Waals surface area contributed by atoms with Crippen molar-refractivity contribution >= 4 is 43.9 Å². The van der Waals surface area contributed by atoms with Crippen LogP contribution < -0.4 is 16.2 Å². The number of carbonyl (C=O) groups excluding carboxylic acids is 1. The fourth-order valence-corrected chi connectivity index (χ4v) is 3.91. The van der Waals surface area contributed by atoms with Gasteiger partial charge in [-0.3, -0.25) is 9.36 Å². The van der Waals surface area contributed by atoms with Gasteiger partial charge in [-0.2, -0.15) is 0 Å². The van der Waals surface area contributed by atoms with Crippen molar-refractivity contribution in [1.29, 1.82) is 0 Å². The summed E-state index contributed by atoms with van der Waals surface area (Å²) in [6.07, 6.45) is 1.78. The molecule has 0 bridgehead atoms. The van der Waals surface area contributed by atoms with Crippen LogP contribution in [0.3, 0.4) is 0 Å². The standard InChI is InChI=1S/C21H22N6O3S/c1-2-3-12-24-21(28)17-18-20(26-16-7-5-4-6-15(16)25-18)27(19(17)22)13-8-10-14(11-9-13)31(23,29)30/h4-11H,2-3,12,22H2,1H3,(H,24,28)(H2,23,29,30). The number of nitrogens with two attached hydrogens (primary N) is 2. The lowest BCUT2D eigenvalue weighted by atomic mass is 10.2. The molecule has 2 aromatic carbocycles. The summed E-state index contributed by atoms with van der Waals surface area (Å²) in [6.45, 7) is 2.56. The molecular weight excluding hydrogens is 416 g/mol. The van der Waals surface area contributed by atoms with Gasteiger partial charge in [0.05, 0.1) is 15.9 Å². The zero-order chi connectivity index (χ0) is 22.2. The van der Waals surface area contributed by atoms with Gasteiger partial charge in [0.15, 0.2) is 5.65 Å². The van der Waals surface area contributed by atoms with E-state index in [1.807, 2.05) is 31.2 Å². The Hall–Kier alpha value is -3.50. The van der Waals surface area contributed by atoms with E-state index in [1.54, 1.807) is 16.7 Å². The Morgan fingerprint density at radius 1 is 1.06 bits per heavy atom. The third-order valence-electron chi connectivity index (χ3n) is 4.96. The lowest BCUT2D eigenvalue weighted by molar-refractivity contribution is 0.0955. The first-order chi connectivity index (χ1) is 14.8. The predicted molar refractivity (Wildman–Crippen MR) is 119 cm³/mol. The first kappa shape index (κ1) is 20.8. The SMILES string of the molecule is CCCCNC(=O)c1c(N)n(-c2ccc(S(N)(=O)=O)cc2)c2nc3ccccc3nc12. The van der Waals surface area contributed by atoms with E-state index < -0.39 is 10.0 Å². The molecule has 4 rings (SSSR count). The normalized spacial score (nSPS) is 11.8. The maximum Gasteiger partial charge on any atom is 0.257 e. The number of nitrogens with zero attached hydrogens (tertiary/aromatic N) is 3. The van der Waals surface area contributed by atoms with Crippen molar-refractivity contribution in [3.63, 3.8) is 0 Å². The molecule has 0 aliphatic rings. The van der Waals surface area contributed by atoms with Gasteiger partial charge < -0.3 is 11.1 Å². The van der Waals surface area contributed by atoms with Gasteiger partial charge in [0, 0.05) is 12.2 Å². The molecule has 4 aromatic rings. The number of para-hydroxylation sites is 2. The van der Waals surface area contributed by atoms with Gasteiger partial charge in [-0.05, 0) is 42.8 Å². The van der Waals surface area contributed by atoms with Crippen molar-refractivity contribution in [3.8, 4) is 5.69 Å². The minimum atomic E-state index is -3.84. The van der Waals surface area contributed by atoms with E-state index in [9.17, 15) is 13.2 Å². The smallest absolute Gasteiger partial charge is 0.257 e. The molecule has 1 amide bonds. The van der Waals surface area contributed by atoms with Gasteiger partial charge >= 0.3 is 0 Å². The molecule has 0 atom stereocenters. The number of nitrogens with one attached hydrogen (secondary N) is 1.